The smallest absolute Gasteiger partial charge is 0.237 e. The number of carbonyl (C=O) groups excluding carboxylic acids is 1. The zero-order valence-electron chi connectivity index (χ0n) is 7.07. The third-order valence-corrected chi connectivity index (χ3v) is 3.07. The van der Waals surface area contributed by atoms with E-state index in [0.29, 0.717) is 5.69 Å². The van der Waals surface area contributed by atoms with E-state index in [-0.39, 0.29) is 16.9 Å². The van der Waals surface area contributed by atoms with Gasteiger partial charge in [0.1, 0.15) is 5.75 Å². The molecular formula is C9H9NO2S. The van der Waals surface area contributed by atoms with Crippen LogP contribution in [0.1, 0.15) is 6.92 Å². The van der Waals surface area contributed by atoms with Crippen molar-refractivity contribution >= 4 is 23.4 Å². The van der Waals surface area contributed by atoms with E-state index in [9.17, 15) is 9.90 Å². The Labute approximate surface area is 80.1 Å². The number of carbonyl (C=O) groups is 1. The maximum atomic E-state index is 11.3. The Hall–Kier alpha value is -1.16. The van der Waals surface area contributed by atoms with Crippen LogP contribution in [-0.4, -0.2) is 16.3 Å². The minimum absolute atomic E-state index is 0.0110. The molecule has 0 aliphatic carbocycles. The van der Waals surface area contributed by atoms with Gasteiger partial charge in [-0.3, -0.25) is 4.79 Å². The van der Waals surface area contributed by atoms with Gasteiger partial charge in [-0.25, -0.2) is 0 Å². The van der Waals surface area contributed by atoms with E-state index < -0.39 is 0 Å². The Balaban J connectivity index is 2.42. The molecule has 1 aromatic carbocycles. The topological polar surface area (TPSA) is 49.3 Å². The normalized spacial score (nSPS) is 20.7. The number of phenols is 1. The molecule has 1 atom stereocenters. The summed E-state index contributed by atoms with van der Waals surface area (Å²) in [5.41, 5.74) is 0.702. The average Bonchev–Trinajstić information content (AvgIpc) is 2.08. The molecule has 2 rings (SSSR count). The number of fused-ring (bicyclic) bond motifs is 1. The lowest BCUT2D eigenvalue weighted by Gasteiger charge is -2.20. The van der Waals surface area contributed by atoms with Gasteiger partial charge in [-0.15, -0.1) is 11.8 Å². The summed E-state index contributed by atoms with van der Waals surface area (Å²) in [5.74, 6) is 0.164. The minimum atomic E-state index is -0.0583. The van der Waals surface area contributed by atoms with Crippen molar-refractivity contribution in [3.05, 3.63) is 18.2 Å². The van der Waals surface area contributed by atoms with Crippen LogP contribution >= 0.6 is 11.8 Å². The highest BCUT2D eigenvalue weighted by Crippen LogP contribution is 2.36. The maximum absolute atomic E-state index is 11.3. The summed E-state index contributed by atoms with van der Waals surface area (Å²) < 4.78 is 0. The largest absolute Gasteiger partial charge is 0.508 e. The Kier molecular flexibility index (Phi) is 1.92. The second kappa shape index (κ2) is 2.96. The van der Waals surface area contributed by atoms with Crippen LogP contribution in [0.15, 0.2) is 23.1 Å². The predicted octanol–water partition coefficient (Wildman–Crippen LogP) is 1.82. The zero-order valence-corrected chi connectivity index (χ0v) is 7.89. The molecule has 0 fully saturated rings. The van der Waals surface area contributed by atoms with Gasteiger partial charge in [0.05, 0.1) is 10.9 Å². The first-order valence-corrected chi connectivity index (χ1v) is 4.85. The fraction of sp³-hybridized carbons (Fsp3) is 0.222. The van der Waals surface area contributed by atoms with Gasteiger partial charge in [0.25, 0.3) is 0 Å². The van der Waals surface area contributed by atoms with E-state index in [1.54, 1.807) is 12.1 Å². The summed E-state index contributed by atoms with van der Waals surface area (Å²) >= 11 is 1.51. The molecule has 0 spiro atoms. The first kappa shape index (κ1) is 8.44. The van der Waals surface area contributed by atoms with E-state index >= 15 is 0 Å². The lowest BCUT2D eigenvalue weighted by Crippen LogP contribution is -2.26. The second-order valence-corrected chi connectivity index (χ2v) is 4.31. The maximum Gasteiger partial charge on any atom is 0.237 e. The highest BCUT2D eigenvalue weighted by Gasteiger charge is 2.22. The molecule has 1 heterocycles. The van der Waals surface area contributed by atoms with Gasteiger partial charge >= 0.3 is 0 Å². The van der Waals surface area contributed by atoms with E-state index in [2.05, 4.69) is 5.32 Å². The standard InChI is InChI=1S/C9H9NO2S/c1-5-9(12)10-7-4-6(11)2-3-8(7)13-5/h2-5,11H,1H3,(H,10,12). The SMILES string of the molecule is CC1Sc2ccc(O)cc2NC1=O. The van der Waals surface area contributed by atoms with Crippen molar-refractivity contribution in [2.45, 2.75) is 17.1 Å². The van der Waals surface area contributed by atoms with Gasteiger partial charge in [-0.2, -0.15) is 0 Å². The van der Waals surface area contributed by atoms with Crippen molar-refractivity contribution in [3.63, 3.8) is 0 Å². The molecule has 0 aromatic heterocycles. The molecule has 3 nitrogen and oxygen atoms in total. The van der Waals surface area contributed by atoms with Gasteiger partial charge in [0.2, 0.25) is 5.91 Å². The number of hydrogen-bond acceptors (Lipinski definition) is 3. The number of amides is 1. The van der Waals surface area contributed by atoms with Crippen LogP contribution in [0.3, 0.4) is 0 Å². The molecule has 1 aromatic rings. The zero-order chi connectivity index (χ0) is 9.42. The van der Waals surface area contributed by atoms with Crippen LogP contribution in [0.5, 0.6) is 5.75 Å². The van der Waals surface area contributed by atoms with E-state index in [1.165, 1.54) is 11.8 Å². The van der Waals surface area contributed by atoms with Crippen molar-refractivity contribution in [1.29, 1.82) is 0 Å². The summed E-state index contributed by atoms with van der Waals surface area (Å²) in [4.78, 5) is 12.3. The number of aromatic hydroxyl groups is 1. The van der Waals surface area contributed by atoms with Crippen LogP contribution in [-0.2, 0) is 4.79 Å². The van der Waals surface area contributed by atoms with Gasteiger partial charge < -0.3 is 10.4 Å². The molecule has 0 bridgehead atoms. The summed E-state index contributed by atoms with van der Waals surface area (Å²) in [5, 5.41) is 11.9. The summed E-state index contributed by atoms with van der Waals surface area (Å²) in [6, 6.07) is 4.99. The molecule has 1 unspecified atom stereocenters. The number of hydrogen-bond donors (Lipinski definition) is 2. The van der Waals surface area contributed by atoms with Crippen molar-refractivity contribution in [1.82, 2.24) is 0 Å². The number of benzene rings is 1. The number of thioether (sulfide) groups is 1. The van der Waals surface area contributed by atoms with Crippen LogP contribution in [0, 0.1) is 0 Å². The number of phenolic OH excluding ortho intramolecular Hbond substituents is 1. The summed E-state index contributed by atoms with van der Waals surface area (Å²) in [6.07, 6.45) is 0. The third kappa shape index (κ3) is 1.49. The van der Waals surface area contributed by atoms with E-state index in [0.717, 1.165) is 4.90 Å². The van der Waals surface area contributed by atoms with Gasteiger partial charge in [-0.1, -0.05) is 0 Å². The van der Waals surface area contributed by atoms with Crippen molar-refractivity contribution in [2.75, 3.05) is 5.32 Å². The number of rotatable bonds is 0. The lowest BCUT2D eigenvalue weighted by molar-refractivity contribution is -0.115. The number of nitrogens with one attached hydrogen (secondary N) is 1. The molecule has 0 saturated heterocycles. The third-order valence-electron chi connectivity index (χ3n) is 1.89. The summed E-state index contributed by atoms with van der Waals surface area (Å²) in [6.45, 7) is 1.86. The van der Waals surface area contributed by atoms with E-state index in [4.69, 9.17) is 0 Å². The fourth-order valence-electron chi connectivity index (χ4n) is 1.20. The minimum Gasteiger partial charge on any atom is -0.508 e. The lowest BCUT2D eigenvalue weighted by atomic mass is 10.3. The van der Waals surface area contributed by atoms with E-state index in [1.807, 2.05) is 13.0 Å². The van der Waals surface area contributed by atoms with Crippen LogP contribution < -0.4 is 5.32 Å². The molecule has 1 amide bonds. The molecular weight excluding hydrogens is 186 g/mol. The van der Waals surface area contributed by atoms with Gasteiger partial charge in [-0.05, 0) is 19.1 Å². The fourth-order valence-corrected chi connectivity index (χ4v) is 2.13. The highest BCUT2D eigenvalue weighted by atomic mass is 32.2. The molecule has 4 heteroatoms. The quantitative estimate of drug-likeness (QED) is 0.664. The molecule has 68 valence electrons. The van der Waals surface area contributed by atoms with Crippen LogP contribution in [0.25, 0.3) is 0 Å². The first-order chi connectivity index (χ1) is 6.16. The molecule has 0 saturated carbocycles. The summed E-state index contributed by atoms with van der Waals surface area (Å²) in [7, 11) is 0. The van der Waals surface area contributed by atoms with Crippen molar-refractivity contribution in [2.24, 2.45) is 0 Å². The molecule has 1 aliphatic rings. The number of anilines is 1. The Morgan fingerprint density at radius 3 is 3.08 bits per heavy atom. The molecule has 13 heavy (non-hydrogen) atoms. The van der Waals surface area contributed by atoms with Crippen molar-refractivity contribution < 1.29 is 9.90 Å². The Morgan fingerprint density at radius 2 is 2.31 bits per heavy atom. The molecule has 1 aliphatic heterocycles. The van der Waals surface area contributed by atoms with Gasteiger partial charge in [0, 0.05) is 11.0 Å². The first-order valence-electron chi connectivity index (χ1n) is 3.97. The molecule has 2 N–H and O–H groups in total. The monoisotopic (exact) mass is 195 g/mol. The second-order valence-electron chi connectivity index (χ2n) is 2.93. The highest BCUT2D eigenvalue weighted by molar-refractivity contribution is 8.00. The average molecular weight is 195 g/mol. The predicted molar refractivity (Wildman–Crippen MR) is 52.1 cm³/mol. The van der Waals surface area contributed by atoms with Crippen molar-refractivity contribution in [3.8, 4) is 5.75 Å². The van der Waals surface area contributed by atoms with Gasteiger partial charge in [0.15, 0.2) is 0 Å². The Morgan fingerprint density at radius 1 is 1.54 bits per heavy atom. The van der Waals surface area contributed by atoms with Crippen LogP contribution in [0.2, 0.25) is 0 Å². The Bertz CT molecular complexity index is 365. The molecule has 0 radical (unpaired) electrons. The van der Waals surface area contributed by atoms with Crippen LogP contribution in [0.4, 0.5) is 5.69 Å².